The number of piperazine rings is 1. The Morgan fingerprint density at radius 2 is 2.00 bits per heavy atom. The van der Waals surface area contributed by atoms with E-state index in [9.17, 15) is 0 Å². The van der Waals surface area contributed by atoms with E-state index in [0.29, 0.717) is 24.7 Å². The summed E-state index contributed by atoms with van der Waals surface area (Å²) < 4.78 is 5.14. The molecule has 1 aliphatic heterocycles. The minimum absolute atomic E-state index is 0. The molecule has 1 N–H and O–H groups in total. The molecule has 0 unspecified atom stereocenters. The first kappa shape index (κ1) is 21.7. The van der Waals surface area contributed by atoms with Crippen LogP contribution in [0.4, 0.5) is 5.69 Å². The van der Waals surface area contributed by atoms with E-state index < -0.39 is 0 Å². The van der Waals surface area contributed by atoms with Crippen LogP contribution in [0.2, 0.25) is 5.02 Å². The number of hydrogen-bond donors (Lipinski definition) is 1. The molecule has 2 heterocycles. The fourth-order valence-electron chi connectivity index (χ4n) is 2.99. The van der Waals surface area contributed by atoms with E-state index in [1.54, 1.807) is 0 Å². The van der Waals surface area contributed by atoms with Gasteiger partial charge < -0.3 is 19.6 Å². The van der Waals surface area contributed by atoms with Gasteiger partial charge in [-0.15, -0.1) is 24.0 Å². The zero-order valence-corrected chi connectivity index (χ0v) is 18.8. The largest absolute Gasteiger partial charge is 0.367 e. The first-order chi connectivity index (χ1) is 12.7. The van der Waals surface area contributed by atoms with Crippen LogP contribution in [0.15, 0.2) is 33.8 Å². The molecule has 0 bridgehead atoms. The maximum atomic E-state index is 6.32. The number of aromatic nitrogens is 2. The molecule has 0 aliphatic carbocycles. The van der Waals surface area contributed by atoms with Crippen molar-refractivity contribution in [1.29, 1.82) is 0 Å². The Morgan fingerprint density at radius 1 is 1.26 bits per heavy atom. The maximum Gasteiger partial charge on any atom is 0.228 e. The number of halogens is 2. The SMILES string of the molecule is CCNC(=NCCc1nc(C)no1)N1CCN(c2ccccc2Cl)CC1.I. The standard InChI is InChI=1S/C18H25ClN6O.HI/c1-3-20-18(21-9-8-17-22-14(2)23-26-17)25-12-10-24(11-13-25)16-7-5-4-6-15(16)19;/h4-7H,3,8-13H2,1-2H3,(H,20,21);1H. The van der Waals surface area contributed by atoms with Gasteiger partial charge in [-0.1, -0.05) is 28.9 Å². The quantitative estimate of drug-likeness (QED) is 0.384. The van der Waals surface area contributed by atoms with E-state index in [-0.39, 0.29) is 24.0 Å². The molecule has 3 rings (SSSR count). The Hall–Kier alpha value is -1.55. The Bertz CT molecular complexity index is 745. The number of aryl methyl sites for hydroxylation is 1. The highest BCUT2D eigenvalue weighted by molar-refractivity contribution is 14.0. The molecule has 1 fully saturated rings. The number of anilines is 1. The smallest absolute Gasteiger partial charge is 0.228 e. The van der Waals surface area contributed by atoms with Crippen molar-refractivity contribution in [2.75, 3.05) is 44.2 Å². The van der Waals surface area contributed by atoms with Crippen LogP contribution in [0.1, 0.15) is 18.6 Å². The summed E-state index contributed by atoms with van der Waals surface area (Å²) in [6.07, 6.45) is 0.648. The topological polar surface area (TPSA) is 69.8 Å². The molecule has 9 heteroatoms. The summed E-state index contributed by atoms with van der Waals surface area (Å²) in [5.74, 6) is 2.22. The predicted molar refractivity (Wildman–Crippen MR) is 119 cm³/mol. The number of aliphatic imine (C=N–C) groups is 1. The highest BCUT2D eigenvalue weighted by Gasteiger charge is 2.21. The second-order valence-electron chi connectivity index (χ2n) is 6.15. The van der Waals surface area contributed by atoms with Crippen LogP contribution in [0.25, 0.3) is 0 Å². The molecule has 1 aromatic carbocycles. The van der Waals surface area contributed by atoms with Crippen LogP contribution < -0.4 is 10.2 Å². The predicted octanol–water partition coefficient (Wildman–Crippen LogP) is 2.98. The molecule has 0 amide bonds. The molecule has 0 atom stereocenters. The van der Waals surface area contributed by atoms with Crippen LogP contribution in [-0.2, 0) is 6.42 Å². The molecule has 148 valence electrons. The van der Waals surface area contributed by atoms with E-state index >= 15 is 0 Å². The van der Waals surface area contributed by atoms with Crippen molar-refractivity contribution in [3.8, 4) is 0 Å². The van der Waals surface area contributed by atoms with E-state index in [0.717, 1.165) is 49.4 Å². The summed E-state index contributed by atoms with van der Waals surface area (Å²) in [5, 5.41) is 7.98. The summed E-state index contributed by atoms with van der Waals surface area (Å²) in [5.41, 5.74) is 1.10. The highest BCUT2D eigenvalue weighted by Crippen LogP contribution is 2.25. The van der Waals surface area contributed by atoms with Crippen LogP contribution in [-0.4, -0.2) is 60.3 Å². The van der Waals surface area contributed by atoms with Gasteiger partial charge in [0.1, 0.15) is 0 Å². The summed E-state index contributed by atoms with van der Waals surface area (Å²) in [6, 6.07) is 8.00. The lowest BCUT2D eigenvalue weighted by molar-refractivity contribution is 0.368. The average Bonchev–Trinajstić information content (AvgIpc) is 3.07. The Morgan fingerprint density at radius 3 is 2.63 bits per heavy atom. The lowest BCUT2D eigenvalue weighted by atomic mass is 10.2. The van der Waals surface area contributed by atoms with Crippen molar-refractivity contribution in [3.63, 3.8) is 0 Å². The van der Waals surface area contributed by atoms with Crippen molar-refractivity contribution >= 4 is 47.2 Å². The zero-order chi connectivity index (χ0) is 18.4. The first-order valence-corrected chi connectivity index (χ1v) is 9.37. The van der Waals surface area contributed by atoms with Crippen molar-refractivity contribution in [2.24, 2.45) is 4.99 Å². The number of rotatable bonds is 5. The fraction of sp³-hybridized carbons (Fsp3) is 0.500. The van der Waals surface area contributed by atoms with Gasteiger partial charge in [-0.3, -0.25) is 4.99 Å². The number of benzene rings is 1. The lowest BCUT2D eigenvalue weighted by Gasteiger charge is -2.38. The van der Waals surface area contributed by atoms with Gasteiger partial charge in [0, 0.05) is 39.1 Å². The Kier molecular flexibility index (Phi) is 8.62. The second-order valence-corrected chi connectivity index (χ2v) is 6.55. The highest BCUT2D eigenvalue weighted by atomic mass is 127. The minimum atomic E-state index is 0. The Labute approximate surface area is 182 Å². The van der Waals surface area contributed by atoms with Gasteiger partial charge in [0.15, 0.2) is 11.8 Å². The van der Waals surface area contributed by atoms with E-state index in [4.69, 9.17) is 21.1 Å². The third-order valence-corrected chi connectivity index (χ3v) is 4.58. The number of para-hydroxylation sites is 1. The number of nitrogens with one attached hydrogen (secondary N) is 1. The summed E-state index contributed by atoms with van der Waals surface area (Å²) in [4.78, 5) is 13.5. The van der Waals surface area contributed by atoms with Gasteiger partial charge in [0.2, 0.25) is 5.89 Å². The molecule has 0 radical (unpaired) electrons. The molecular formula is C18H26ClIN6O. The molecule has 0 spiro atoms. The van der Waals surface area contributed by atoms with E-state index in [2.05, 4.69) is 38.2 Å². The molecule has 1 aromatic heterocycles. The van der Waals surface area contributed by atoms with Gasteiger partial charge in [0.25, 0.3) is 0 Å². The molecule has 7 nitrogen and oxygen atoms in total. The van der Waals surface area contributed by atoms with Crippen LogP contribution >= 0.6 is 35.6 Å². The summed E-state index contributed by atoms with van der Waals surface area (Å²) >= 11 is 6.32. The third-order valence-electron chi connectivity index (χ3n) is 4.26. The van der Waals surface area contributed by atoms with Crippen molar-refractivity contribution in [2.45, 2.75) is 20.3 Å². The van der Waals surface area contributed by atoms with Gasteiger partial charge in [-0.25, -0.2) is 0 Å². The maximum absolute atomic E-state index is 6.32. The normalized spacial score (nSPS) is 14.9. The fourth-order valence-corrected chi connectivity index (χ4v) is 3.25. The van der Waals surface area contributed by atoms with Gasteiger partial charge in [-0.05, 0) is 26.0 Å². The molecule has 1 saturated heterocycles. The second kappa shape index (κ2) is 10.7. The van der Waals surface area contributed by atoms with Gasteiger partial charge in [0.05, 0.1) is 17.3 Å². The van der Waals surface area contributed by atoms with E-state index in [1.165, 1.54) is 0 Å². The van der Waals surface area contributed by atoms with E-state index in [1.807, 2.05) is 25.1 Å². The van der Waals surface area contributed by atoms with Crippen molar-refractivity contribution in [1.82, 2.24) is 20.4 Å². The van der Waals surface area contributed by atoms with Crippen LogP contribution in [0, 0.1) is 6.92 Å². The van der Waals surface area contributed by atoms with Gasteiger partial charge >= 0.3 is 0 Å². The molecule has 0 saturated carbocycles. The zero-order valence-electron chi connectivity index (χ0n) is 15.7. The Balaban J connectivity index is 0.00000261. The van der Waals surface area contributed by atoms with Crippen molar-refractivity contribution in [3.05, 3.63) is 41.0 Å². The summed E-state index contributed by atoms with van der Waals surface area (Å²) in [7, 11) is 0. The average molecular weight is 505 g/mol. The number of hydrogen-bond acceptors (Lipinski definition) is 5. The van der Waals surface area contributed by atoms with Gasteiger partial charge in [-0.2, -0.15) is 4.98 Å². The monoisotopic (exact) mass is 504 g/mol. The molecule has 1 aliphatic rings. The lowest BCUT2D eigenvalue weighted by Crippen LogP contribution is -2.52. The minimum Gasteiger partial charge on any atom is -0.367 e. The molecular weight excluding hydrogens is 479 g/mol. The van der Waals surface area contributed by atoms with Crippen LogP contribution in [0.5, 0.6) is 0 Å². The van der Waals surface area contributed by atoms with Crippen LogP contribution in [0.3, 0.4) is 0 Å². The number of guanidine groups is 1. The first-order valence-electron chi connectivity index (χ1n) is 8.99. The van der Waals surface area contributed by atoms with Crippen molar-refractivity contribution < 1.29 is 4.52 Å². The number of nitrogens with zero attached hydrogens (tertiary/aromatic N) is 5. The molecule has 27 heavy (non-hydrogen) atoms. The molecule has 2 aromatic rings. The summed E-state index contributed by atoms with van der Waals surface area (Å²) in [6.45, 7) is 8.98. The third kappa shape index (κ3) is 5.97.